The van der Waals surface area contributed by atoms with Crippen LogP contribution in [0.15, 0.2) is 40.2 Å². The number of guanidine groups is 1. The number of hydrogen-bond donors (Lipinski definition) is 1. The van der Waals surface area contributed by atoms with Crippen molar-refractivity contribution in [1.82, 2.24) is 10.2 Å². The fourth-order valence-corrected chi connectivity index (χ4v) is 4.78. The Morgan fingerprint density at radius 2 is 2.08 bits per heavy atom. The number of thioether (sulfide) groups is 1. The van der Waals surface area contributed by atoms with Crippen LogP contribution in [0.4, 0.5) is 0 Å². The van der Waals surface area contributed by atoms with E-state index in [1.165, 1.54) is 11.3 Å². The molecule has 26 heavy (non-hydrogen) atoms. The van der Waals surface area contributed by atoms with Gasteiger partial charge in [0.05, 0.1) is 6.54 Å². The van der Waals surface area contributed by atoms with E-state index in [1.807, 2.05) is 32.5 Å². The summed E-state index contributed by atoms with van der Waals surface area (Å²) in [6.45, 7) is 11.7. The van der Waals surface area contributed by atoms with Crippen LogP contribution in [0.5, 0.6) is 0 Å². The topological polar surface area (TPSA) is 44.7 Å². The van der Waals surface area contributed by atoms with Crippen LogP contribution in [-0.4, -0.2) is 57.5 Å². The fraction of sp³-hybridized carbons (Fsp3) is 0.650. The van der Waals surface area contributed by atoms with Gasteiger partial charge >= 0.3 is 0 Å². The minimum absolute atomic E-state index is 0.165. The molecule has 1 aromatic carbocycles. The Morgan fingerprint density at radius 3 is 2.73 bits per heavy atom. The molecule has 1 fully saturated rings. The van der Waals surface area contributed by atoms with Crippen LogP contribution in [0.25, 0.3) is 0 Å². The molecule has 6 heteroatoms. The van der Waals surface area contributed by atoms with Crippen LogP contribution in [-0.2, 0) is 10.8 Å². The number of nitrogens with one attached hydrogen (secondary N) is 1. The highest BCUT2D eigenvalue weighted by molar-refractivity contribution is 7.99. The third-order valence-electron chi connectivity index (χ3n) is 4.37. The van der Waals surface area contributed by atoms with E-state index in [9.17, 15) is 4.21 Å². The Bertz CT molecular complexity index is 599. The van der Waals surface area contributed by atoms with Gasteiger partial charge in [-0.1, -0.05) is 18.2 Å². The van der Waals surface area contributed by atoms with Gasteiger partial charge in [-0.25, -0.2) is 0 Å². The average molecular weight is 396 g/mol. The van der Waals surface area contributed by atoms with Crippen LogP contribution in [0.1, 0.15) is 34.1 Å². The monoisotopic (exact) mass is 395 g/mol. The van der Waals surface area contributed by atoms with Crippen molar-refractivity contribution in [2.45, 2.75) is 43.8 Å². The van der Waals surface area contributed by atoms with E-state index in [1.54, 1.807) is 0 Å². The predicted octanol–water partition coefficient (Wildman–Crippen LogP) is 3.61. The smallest absolute Gasteiger partial charge is 0.193 e. The number of rotatable bonds is 7. The van der Waals surface area contributed by atoms with Gasteiger partial charge in [-0.3, -0.25) is 9.20 Å². The highest BCUT2D eigenvalue weighted by atomic mass is 32.2. The Labute approximate surface area is 165 Å². The molecular formula is C20H33N3OS2. The lowest BCUT2D eigenvalue weighted by molar-refractivity contribution is 0.475. The van der Waals surface area contributed by atoms with E-state index in [4.69, 9.17) is 4.99 Å². The second kappa shape index (κ2) is 10.4. The molecule has 0 aromatic heterocycles. The maximum absolute atomic E-state index is 12.2. The van der Waals surface area contributed by atoms with Crippen molar-refractivity contribution in [2.75, 3.05) is 37.7 Å². The van der Waals surface area contributed by atoms with Crippen LogP contribution < -0.4 is 5.32 Å². The summed E-state index contributed by atoms with van der Waals surface area (Å²) in [5, 5.41) is 3.40. The molecule has 2 rings (SSSR count). The largest absolute Gasteiger partial charge is 0.357 e. The van der Waals surface area contributed by atoms with Gasteiger partial charge in [-0.2, -0.15) is 0 Å². The summed E-state index contributed by atoms with van der Waals surface area (Å²) in [5.41, 5.74) is 0. The fourth-order valence-electron chi connectivity index (χ4n) is 2.86. The second-order valence-electron chi connectivity index (χ2n) is 7.62. The molecule has 0 amide bonds. The third kappa shape index (κ3) is 6.95. The van der Waals surface area contributed by atoms with Crippen LogP contribution in [0.3, 0.4) is 0 Å². The highest BCUT2D eigenvalue weighted by Gasteiger charge is 2.25. The molecular weight excluding hydrogens is 362 g/mol. The molecule has 1 saturated heterocycles. The average Bonchev–Trinajstić information content (AvgIpc) is 3.08. The molecule has 146 valence electrons. The van der Waals surface area contributed by atoms with Crippen molar-refractivity contribution in [2.24, 2.45) is 10.9 Å². The van der Waals surface area contributed by atoms with Gasteiger partial charge in [0.25, 0.3) is 0 Å². The molecule has 0 radical (unpaired) electrons. The van der Waals surface area contributed by atoms with Crippen molar-refractivity contribution in [1.29, 1.82) is 0 Å². The van der Waals surface area contributed by atoms with Crippen LogP contribution in [0, 0.1) is 5.92 Å². The van der Waals surface area contributed by atoms with E-state index < -0.39 is 10.8 Å². The van der Waals surface area contributed by atoms with Crippen molar-refractivity contribution in [3.8, 4) is 0 Å². The lowest BCUT2D eigenvalue weighted by Gasteiger charge is -2.22. The predicted molar refractivity (Wildman–Crippen MR) is 116 cm³/mol. The van der Waals surface area contributed by atoms with E-state index in [0.29, 0.717) is 18.2 Å². The minimum atomic E-state index is -0.847. The number of likely N-dealkylation sites (tertiary alicyclic amines) is 1. The van der Waals surface area contributed by atoms with E-state index in [2.05, 4.69) is 47.5 Å². The summed E-state index contributed by atoms with van der Waals surface area (Å²) in [4.78, 5) is 8.44. The Morgan fingerprint density at radius 1 is 1.35 bits per heavy atom. The Hall–Kier alpha value is -1.01. The zero-order valence-corrected chi connectivity index (χ0v) is 18.2. The maximum atomic E-state index is 12.2. The van der Waals surface area contributed by atoms with Gasteiger partial charge in [0, 0.05) is 51.6 Å². The quantitative estimate of drug-likeness (QED) is 0.435. The first-order valence-corrected chi connectivity index (χ1v) is 11.8. The molecule has 0 aliphatic carbocycles. The van der Waals surface area contributed by atoms with E-state index in [0.717, 1.165) is 31.3 Å². The van der Waals surface area contributed by atoms with Gasteiger partial charge < -0.3 is 10.2 Å². The zero-order chi connectivity index (χ0) is 19.0. The van der Waals surface area contributed by atoms with Crippen molar-refractivity contribution in [3.05, 3.63) is 30.3 Å². The van der Waals surface area contributed by atoms with Crippen LogP contribution >= 0.6 is 11.8 Å². The molecule has 1 aliphatic heterocycles. The number of benzene rings is 1. The molecule has 0 spiro atoms. The summed E-state index contributed by atoms with van der Waals surface area (Å²) in [6.07, 6.45) is 1.21. The summed E-state index contributed by atoms with van der Waals surface area (Å²) in [5.74, 6) is 3.44. The van der Waals surface area contributed by atoms with Crippen molar-refractivity contribution >= 4 is 28.5 Å². The highest BCUT2D eigenvalue weighted by Crippen LogP contribution is 2.25. The Kier molecular flexibility index (Phi) is 8.48. The Balaban J connectivity index is 1.84. The molecule has 1 aromatic rings. The molecule has 4 nitrogen and oxygen atoms in total. The number of nitrogens with zero attached hydrogens (tertiary/aromatic N) is 2. The first kappa shape index (κ1) is 21.3. The molecule has 1 heterocycles. The zero-order valence-electron chi connectivity index (χ0n) is 16.5. The van der Waals surface area contributed by atoms with Gasteiger partial charge in [0.2, 0.25) is 0 Å². The van der Waals surface area contributed by atoms with Gasteiger partial charge in [0.1, 0.15) is 0 Å². The van der Waals surface area contributed by atoms with E-state index >= 15 is 0 Å². The SMILES string of the molecule is CCNC(=NCCS(=O)C(C)(C)C)N1CCC(CSc2ccccc2)C1. The lowest BCUT2D eigenvalue weighted by Crippen LogP contribution is -2.40. The first-order valence-electron chi connectivity index (χ1n) is 9.49. The van der Waals surface area contributed by atoms with Crippen LogP contribution in [0.2, 0.25) is 0 Å². The molecule has 0 saturated carbocycles. The first-order chi connectivity index (χ1) is 12.4. The second-order valence-corrected chi connectivity index (χ2v) is 11.0. The lowest BCUT2D eigenvalue weighted by atomic mass is 10.2. The van der Waals surface area contributed by atoms with E-state index in [-0.39, 0.29) is 4.75 Å². The number of aliphatic imine (C=N–C) groups is 1. The molecule has 1 aliphatic rings. The van der Waals surface area contributed by atoms with Gasteiger partial charge in [-0.15, -0.1) is 11.8 Å². The minimum Gasteiger partial charge on any atom is -0.357 e. The summed E-state index contributed by atoms with van der Waals surface area (Å²) >= 11 is 1.94. The maximum Gasteiger partial charge on any atom is 0.193 e. The molecule has 2 atom stereocenters. The van der Waals surface area contributed by atoms with Gasteiger partial charge in [0.15, 0.2) is 5.96 Å². The van der Waals surface area contributed by atoms with Gasteiger partial charge in [-0.05, 0) is 52.2 Å². The standard InChI is InChI=1S/C20H33N3OS2/c1-5-21-19(22-12-14-26(24)20(2,3)4)23-13-11-17(15-23)16-25-18-9-7-6-8-10-18/h6-10,17H,5,11-16H2,1-4H3,(H,21,22). The summed E-state index contributed by atoms with van der Waals surface area (Å²) < 4.78 is 12.0. The number of hydrogen-bond acceptors (Lipinski definition) is 3. The molecule has 0 bridgehead atoms. The summed E-state index contributed by atoms with van der Waals surface area (Å²) in [6, 6.07) is 10.6. The third-order valence-corrected chi connectivity index (χ3v) is 7.53. The van der Waals surface area contributed by atoms with Crippen molar-refractivity contribution < 1.29 is 4.21 Å². The molecule has 1 N–H and O–H groups in total. The summed E-state index contributed by atoms with van der Waals surface area (Å²) in [7, 11) is -0.847. The van der Waals surface area contributed by atoms with Crippen molar-refractivity contribution in [3.63, 3.8) is 0 Å². The molecule has 2 unspecified atom stereocenters. The normalized spacial score (nSPS) is 19.6.